The molecule has 5 heteroatoms. The molecule has 0 saturated carbocycles. The molecule has 0 bridgehead atoms. The van der Waals surface area contributed by atoms with Crippen molar-refractivity contribution in [1.82, 2.24) is 0 Å². The monoisotopic (exact) mass is 382 g/mol. The molecule has 0 spiro atoms. The molecule has 1 heterocycles. The number of thiophene rings is 1. The minimum Gasteiger partial charge on any atom is -0.490 e. The summed E-state index contributed by atoms with van der Waals surface area (Å²) in [5.41, 5.74) is 2.07. The van der Waals surface area contributed by atoms with E-state index >= 15 is 0 Å². The van der Waals surface area contributed by atoms with Gasteiger partial charge in [0.2, 0.25) is 0 Å². The van der Waals surface area contributed by atoms with Crippen LogP contribution in [-0.4, -0.2) is 24.3 Å². The lowest BCUT2D eigenvalue weighted by Gasteiger charge is -2.15. The van der Waals surface area contributed by atoms with Crippen molar-refractivity contribution in [3.05, 3.63) is 82.0 Å². The zero-order valence-electron chi connectivity index (χ0n) is 15.1. The summed E-state index contributed by atoms with van der Waals surface area (Å²) >= 11 is 1.46. The quantitative estimate of drug-likeness (QED) is 0.534. The van der Waals surface area contributed by atoms with Crippen LogP contribution in [0.4, 0.5) is 0 Å². The smallest absolute Gasteiger partial charge is 0.312 e. The van der Waals surface area contributed by atoms with E-state index in [2.05, 4.69) is 0 Å². The number of para-hydroxylation sites is 1. The van der Waals surface area contributed by atoms with E-state index in [-0.39, 0.29) is 0 Å². The van der Waals surface area contributed by atoms with Gasteiger partial charge in [0.05, 0.1) is 5.92 Å². The number of ether oxygens (including phenoxy) is 2. The molecule has 0 radical (unpaired) electrons. The van der Waals surface area contributed by atoms with Crippen LogP contribution in [0.25, 0.3) is 0 Å². The Morgan fingerprint density at radius 1 is 1.00 bits per heavy atom. The van der Waals surface area contributed by atoms with Gasteiger partial charge in [0, 0.05) is 4.88 Å². The highest BCUT2D eigenvalue weighted by atomic mass is 32.1. The van der Waals surface area contributed by atoms with E-state index in [9.17, 15) is 9.90 Å². The van der Waals surface area contributed by atoms with Crippen LogP contribution in [0.2, 0.25) is 0 Å². The molecular weight excluding hydrogens is 360 g/mol. The predicted molar refractivity (Wildman–Crippen MR) is 107 cm³/mol. The molecule has 1 N–H and O–H groups in total. The number of aryl methyl sites for hydroxylation is 1. The number of carboxylic acids is 1. The van der Waals surface area contributed by atoms with Crippen LogP contribution in [0.1, 0.15) is 21.9 Å². The summed E-state index contributed by atoms with van der Waals surface area (Å²) in [5.74, 6) is 0.113. The van der Waals surface area contributed by atoms with Gasteiger partial charge in [-0.2, -0.15) is 0 Å². The molecule has 1 unspecified atom stereocenters. The van der Waals surface area contributed by atoms with Gasteiger partial charge in [0.1, 0.15) is 24.7 Å². The molecule has 3 aromatic rings. The van der Waals surface area contributed by atoms with E-state index < -0.39 is 11.9 Å². The number of benzene rings is 2. The van der Waals surface area contributed by atoms with Gasteiger partial charge in [-0.05, 0) is 48.6 Å². The number of hydrogen-bond donors (Lipinski definition) is 1. The average Bonchev–Trinajstić information content (AvgIpc) is 3.19. The Morgan fingerprint density at radius 2 is 1.74 bits per heavy atom. The van der Waals surface area contributed by atoms with Gasteiger partial charge >= 0.3 is 5.97 Å². The number of aliphatic carboxylic acids is 1. The van der Waals surface area contributed by atoms with Crippen LogP contribution in [-0.2, 0) is 11.2 Å². The first kappa shape index (κ1) is 19.0. The summed E-state index contributed by atoms with van der Waals surface area (Å²) < 4.78 is 11.5. The van der Waals surface area contributed by atoms with E-state index in [0.717, 1.165) is 16.2 Å². The third-order valence-corrected chi connectivity index (χ3v) is 5.20. The Balaban J connectivity index is 1.60. The van der Waals surface area contributed by atoms with E-state index in [1.807, 2.05) is 73.0 Å². The highest BCUT2D eigenvalue weighted by Gasteiger charge is 2.22. The standard InChI is InChI=1S/C22H22O4S/c1-16-8-10-18(11-9-16)25-12-13-26-20-6-3-2-5-17(20)15-19(22(23)24)21-7-4-14-27-21/h2-11,14,19H,12-13,15H2,1H3,(H,23,24). The van der Waals surface area contributed by atoms with Crippen LogP contribution >= 0.6 is 11.3 Å². The first-order valence-corrected chi connectivity index (χ1v) is 9.68. The molecule has 1 aromatic heterocycles. The van der Waals surface area contributed by atoms with Crippen molar-refractivity contribution in [2.45, 2.75) is 19.3 Å². The summed E-state index contributed by atoms with van der Waals surface area (Å²) in [5, 5.41) is 11.5. The number of hydrogen-bond acceptors (Lipinski definition) is 4. The van der Waals surface area contributed by atoms with Crippen molar-refractivity contribution >= 4 is 17.3 Å². The van der Waals surface area contributed by atoms with Crippen LogP contribution in [0, 0.1) is 6.92 Å². The topological polar surface area (TPSA) is 55.8 Å². The molecule has 0 aliphatic rings. The maximum Gasteiger partial charge on any atom is 0.312 e. The van der Waals surface area contributed by atoms with Crippen molar-refractivity contribution in [3.8, 4) is 11.5 Å². The van der Waals surface area contributed by atoms with Gasteiger partial charge in [-0.25, -0.2) is 0 Å². The molecule has 4 nitrogen and oxygen atoms in total. The summed E-state index contributed by atoms with van der Waals surface area (Å²) in [7, 11) is 0. The van der Waals surface area contributed by atoms with E-state index in [0.29, 0.717) is 25.4 Å². The van der Waals surface area contributed by atoms with Crippen molar-refractivity contribution in [3.63, 3.8) is 0 Å². The Hall–Kier alpha value is -2.79. The number of carbonyl (C=O) groups is 1. The molecule has 0 amide bonds. The lowest BCUT2D eigenvalue weighted by molar-refractivity contribution is -0.138. The second-order valence-corrected chi connectivity index (χ2v) is 7.21. The molecule has 3 rings (SSSR count). The summed E-state index contributed by atoms with van der Waals surface area (Å²) in [4.78, 5) is 12.5. The fourth-order valence-electron chi connectivity index (χ4n) is 2.78. The van der Waals surface area contributed by atoms with Crippen molar-refractivity contribution in [2.24, 2.45) is 0 Å². The minimum atomic E-state index is -0.824. The fraction of sp³-hybridized carbons (Fsp3) is 0.227. The SMILES string of the molecule is Cc1ccc(OCCOc2ccccc2CC(C(=O)O)c2cccs2)cc1. The largest absolute Gasteiger partial charge is 0.490 e. The van der Waals surface area contributed by atoms with Gasteiger partial charge in [-0.15, -0.1) is 11.3 Å². The van der Waals surface area contributed by atoms with Gasteiger partial charge in [-0.3, -0.25) is 4.79 Å². The summed E-state index contributed by atoms with van der Waals surface area (Å²) in [6.07, 6.45) is 0.394. The highest BCUT2D eigenvalue weighted by Crippen LogP contribution is 2.29. The third-order valence-electron chi connectivity index (χ3n) is 4.21. The van der Waals surface area contributed by atoms with Crippen molar-refractivity contribution in [2.75, 3.05) is 13.2 Å². The fourth-order valence-corrected chi connectivity index (χ4v) is 3.60. The minimum absolute atomic E-state index is 0.391. The van der Waals surface area contributed by atoms with Gasteiger partial charge in [0.25, 0.3) is 0 Å². The zero-order valence-corrected chi connectivity index (χ0v) is 15.9. The van der Waals surface area contributed by atoms with Gasteiger partial charge in [-0.1, -0.05) is 42.0 Å². The molecule has 27 heavy (non-hydrogen) atoms. The number of rotatable bonds is 9. The van der Waals surface area contributed by atoms with Crippen LogP contribution in [0.5, 0.6) is 11.5 Å². The Bertz CT molecular complexity index is 856. The lowest BCUT2D eigenvalue weighted by Crippen LogP contribution is -2.15. The molecule has 2 aromatic carbocycles. The first-order valence-electron chi connectivity index (χ1n) is 8.80. The van der Waals surface area contributed by atoms with Crippen molar-refractivity contribution < 1.29 is 19.4 Å². The van der Waals surface area contributed by atoms with E-state index in [1.54, 1.807) is 0 Å². The average molecular weight is 382 g/mol. The molecular formula is C22H22O4S. The maximum absolute atomic E-state index is 11.7. The third kappa shape index (κ3) is 5.34. The van der Waals surface area contributed by atoms with Gasteiger partial charge < -0.3 is 14.6 Å². The molecule has 1 atom stereocenters. The Kier molecular flexibility index (Phi) is 6.49. The zero-order chi connectivity index (χ0) is 19.1. The highest BCUT2D eigenvalue weighted by molar-refractivity contribution is 7.10. The maximum atomic E-state index is 11.7. The summed E-state index contributed by atoms with van der Waals surface area (Å²) in [6.45, 7) is 2.84. The Labute approximate surface area is 163 Å². The van der Waals surface area contributed by atoms with Crippen LogP contribution < -0.4 is 9.47 Å². The van der Waals surface area contributed by atoms with Gasteiger partial charge in [0.15, 0.2) is 0 Å². The van der Waals surface area contributed by atoms with E-state index in [1.165, 1.54) is 16.9 Å². The molecule has 140 valence electrons. The van der Waals surface area contributed by atoms with E-state index in [4.69, 9.17) is 9.47 Å². The molecule has 0 aliphatic heterocycles. The normalized spacial score (nSPS) is 11.7. The second kappa shape index (κ2) is 9.24. The van der Waals surface area contributed by atoms with Crippen molar-refractivity contribution in [1.29, 1.82) is 0 Å². The molecule has 0 saturated heterocycles. The van der Waals surface area contributed by atoms with Crippen LogP contribution in [0.3, 0.4) is 0 Å². The Morgan fingerprint density at radius 3 is 2.44 bits per heavy atom. The summed E-state index contributed by atoms with van der Waals surface area (Å²) in [6, 6.07) is 19.2. The predicted octanol–water partition coefficient (Wildman–Crippen LogP) is 4.93. The lowest BCUT2D eigenvalue weighted by atomic mass is 9.97. The van der Waals surface area contributed by atoms with Crippen LogP contribution in [0.15, 0.2) is 66.0 Å². The number of carboxylic acid groups (broad SMARTS) is 1. The first-order chi connectivity index (χ1) is 13.1. The molecule has 0 aliphatic carbocycles. The second-order valence-electron chi connectivity index (χ2n) is 6.23. The molecule has 0 fully saturated rings.